The summed E-state index contributed by atoms with van der Waals surface area (Å²) in [7, 11) is 0. The molecule has 26 heavy (non-hydrogen) atoms. The zero-order chi connectivity index (χ0) is 18.0. The molecule has 0 saturated carbocycles. The van der Waals surface area contributed by atoms with E-state index >= 15 is 0 Å². The van der Waals surface area contributed by atoms with Gasteiger partial charge in [-0.3, -0.25) is 4.79 Å². The molecule has 0 N–H and O–H groups in total. The fraction of sp³-hybridized carbons (Fsp3) is 0.556. The first-order valence-electron chi connectivity index (χ1n) is 8.98. The van der Waals surface area contributed by atoms with Crippen LogP contribution in [0.15, 0.2) is 29.0 Å². The summed E-state index contributed by atoms with van der Waals surface area (Å²) in [6.45, 7) is 5.96. The van der Waals surface area contributed by atoms with Crippen LogP contribution in [0.1, 0.15) is 29.1 Å². The Morgan fingerprint density at radius 3 is 2.85 bits per heavy atom. The highest BCUT2D eigenvalue weighted by atomic mass is 16.5. The predicted octanol–water partition coefficient (Wildman–Crippen LogP) is 1.53. The molecule has 2 aliphatic heterocycles. The molecule has 2 saturated heterocycles. The molecule has 4 heterocycles. The fourth-order valence-corrected chi connectivity index (χ4v) is 3.88. The highest BCUT2D eigenvalue weighted by Gasteiger charge is 2.41. The molecule has 1 amide bonds. The maximum atomic E-state index is 12.8. The number of rotatable bonds is 2. The van der Waals surface area contributed by atoms with Crippen LogP contribution < -0.4 is 4.90 Å². The number of likely N-dealkylation sites (tertiary alicyclic amines) is 1. The van der Waals surface area contributed by atoms with Gasteiger partial charge in [0.1, 0.15) is 5.76 Å². The molecule has 4 rings (SSSR count). The van der Waals surface area contributed by atoms with E-state index in [-0.39, 0.29) is 11.3 Å². The van der Waals surface area contributed by atoms with Crippen molar-refractivity contribution in [3.63, 3.8) is 0 Å². The minimum atomic E-state index is -0.123. The third-order valence-corrected chi connectivity index (χ3v) is 5.07. The lowest BCUT2D eigenvalue weighted by Gasteiger charge is -2.43. The Morgan fingerprint density at radius 2 is 2.08 bits per heavy atom. The first kappa shape index (κ1) is 17.0. The zero-order valence-corrected chi connectivity index (χ0v) is 14.9. The molecule has 1 unspecified atom stereocenters. The van der Waals surface area contributed by atoms with Crippen LogP contribution in [0.25, 0.3) is 0 Å². The molecule has 8 nitrogen and oxygen atoms in total. The van der Waals surface area contributed by atoms with E-state index in [0.29, 0.717) is 37.2 Å². The SMILES string of the molecule is Cc1cc(C(=O)N2CCCC3(COCCN(c4ncccn4)C3)C2)no1. The Morgan fingerprint density at radius 1 is 1.23 bits per heavy atom. The van der Waals surface area contributed by atoms with Crippen LogP contribution in [0, 0.1) is 12.3 Å². The van der Waals surface area contributed by atoms with Crippen LogP contribution in [0.2, 0.25) is 0 Å². The van der Waals surface area contributed by atoms with E-state index in [0.717, 1.165) is 32.5 Å². The van der Waals surface area contributed by atoms with Crippen molar-refractivity contribution in [2.24, 2.45) is 5.41 Å². The minimum Gasteiger partial charge on any atom is -0.379 e. The highest BCUT2D eigenvalue weighted by molar-refractivity contribution is 5.92. The normalized spacial score (nSPS) is 23.9. The molecule has 138 valence electrons. The smallest absolute Gasteiger partial charge is 0.276 e. The number of hydrogen-bond donors (Lipinski definition) is 0. The van der Waals surface area contributed by atoms with E-state index in [1.807, 2.05) is 11.0 Å². The average Bonchev–Trinajstić information content (AvgIpc) is 3.00. The molecule has 2 aromatic rings. The van der Waals surface area contributed by atoms with Gasteiger partial charge in [0.05, 0.1) is 13.2 Å². The van der Waals surface area contributed by atoms with Crippen LogP contribution in [-0.2, 0) is 4.74 Å². The lowest BCUT2D eigenvalue weighted by atomic mass is 9.80. The monoisotopic (exact) mass is 357 g/mol. The van der Waals surface area contributed by atoms with E-state index < -0.39 is 0 Å². The average molecular weight is 357 g/mol. The molecule has 1 spiro atoms. The van der Waals surface area contributed by atoms with Gasteiger partial charge in [0.2, 0.25) is 5.95 Å². The number of aryl methyl sites for hydroxylation is 1. The van der Waals surface area contributed by atoms with Crippen LogP contribution in [0.3, 0.4) is 0 Å². The second-order valence-electron chi connectivity index (χ2n) is 7.18. The molecular weight excluding hydrogens is 334 g/mol. The quantitative estimate of drug-likeness (QED) is 0.806. The standard InChI is InChI=1S/C18H23N5O3/c1-14-10-15(21-26-14)16(24)22-7-2-4-18(11-22)12-23(8-9-25-13-18)17-19-5-3-6-20-17/h3,5-6,10H,2,4,7-9,11-13H2,1H3. The number of aromatic nitrogens is 3. The number of carbonyl (C=O) groups is 1. The summed E-state index contributed by atoms with van der Waals surface area (Å²) in [5, 5.41) is 3.88. The van der Waals surface area contributed by atoms with Gasteiger partial charge in [-0.15, -0.1) is 0 Å². The molecule has 2 aliphatic rings. The molecule has 2 aromatic heterocycles. The lowest BCUT2D eigenvalue weighted by molar-refractivity contribution is 0.0131. The third kappa shape index (κ3) is 3.41. The van der Waals surface area contributed by atoms with E-state index in [1.165, 1.54) is 0 Å². The second-order valence-corrected chi connectivity index (χ2v) is 7.18. The Kier molecular flexibility index (Phi) is 4.58. The lowest BCUT2D eigenvalue weighted by Crippen LogP contribution is -2.52. The van der Waals surface area contributed by atoms with Gasteiger partial charge in [-0.25, -0.2) is 9.97 Å². The zero-order valence-electron chi connectivity index (χ0n) is 14.9. The summed E-state index contributed by atoms with van der Waals surface area (Å²) in [5.74, 6) is 1.28. The predicted molar refractivity (Wildman–Crippen MR) is 93.9 cm³/mol. The molecule has 1 atom stereocenters. The molecule has 2 fully saturated rings. The number of amides is 1. The first-order chi connectivity index (χ1) is 12.7. The molecule has 0 aromatic carbocycles. The van der Waals surface area contributed by atoms with Crippen molar-refractivity contribution in [3.05, 3.63) is 36.0 Å². The van der Waals surface area contributed by atoms with Crippen LogP contribution in [-0.4, -0.2) is 65.3 Å². The van der Waals surface area contributed by atoms with Crippen molar-refractivity contribution >= 4 is 11.9 Å². The van der Waals surface area contributed by atoms with Crippen molar-refractivity contribution in [2.45, 2.75) is 19.8 Å². The molecule has 0 bridgehead atoms. The molecule has 8 heteroatoms. The Labute approximate surface area is 152 Å². The van der Waals surface area contributed by atoms with E-state index in [9.17, 15) is 4.79 Å². The summed E-state index contributed by atoms with van der Waals surface area (Å²) < 4.78 is 11.0. The van der Waals surface area contributed by atoms with Crippen molar-refractivity contribution in [2.75, 3.05) is 44.3 Å². The van der Waals surface area contributed by atoms with Crippen molar-refractivity contribution in [3.8, 4) is 0 Å². The van der Waals surface area contributed by atoms with Crippen molar-refractivity contribution in [1.29, 1.82) is 0 Å². The van der Waals surface area contributed by atoms with Gasteiger partial charge in [-0.05, 0) is 25.8 Å². The number of nitrogens with zero attached hydrogens (tertiary/aromatic N) is 5. The first-order valence-corrected chi connectivity index (χ1v) is 8.98. The summed E-state index contributed by atoms with van der Waals surface area (Å²) in [6.07, 6.45) is 5.46. The fourth-order valence-electron chi connectivity index (χ4n) is 3.88. The maximum Gasteiger partial charge on any atom is 0.276 e. The van der Waals surface area contributed by atoms with Crippen LogP contribution >= 0.6 is 0 Å². The number of piperidine rings is 1. The summed E-state index contributed by atoms with van der Waals surface area (Å²) >= 11 is 0. The van der Waals surface area contributed by atoms with Gasteiger partial charge in [-0.2, -0.15) is 0 Å². The van der Waals surface area contributed by atoms with Gasteiger partial charge >= 0.3 is 0 Å². The van der Waals surface area contributed by atoms with Crippen molar-refractivity contribution in [1.82, 2.24) is 20.0 Å². The molecule has 0 aliphatic carbocycles. The summed E-state index contributed by atoms with van der Waals surface area (Å²) in [4.78, 5) is 25.6. The van der Waals surface area contributed by atoms with Gasteiger partial charge in [0.25, 0.3) is 5.91 Å². The van der Waals surface area contributed by atoms with Gasteiger partial charge in [0.15, 0.2) is 5.69 Å². The van der Waals surface area contributed by atoms with Gasteiger partial charge < -0.3 is 19.1 Å². The largest absolute Gasteiger partial charge is 0.379 e. The van der Waals surface area contributed by atoms with E-state index in [4.69, 9.17) is 9.26 Å². The Hall–Kier alpha value is -2.48. The third-order valence-electron chi connectivity index (χ3n) is 5.07. The molecule has 0 radical (unpaired) electrons. The minimum absolute atomic E-state index is 0.0762. The highest BCUT2D eigenvalue weighted by Crippen LogP contribution is 2.34. The summed E-state index contributed by atoms with van der Waals surface area (Å²) in [6, 6.07) is 3.51. The number of ether oxygens (including phenoxy) is 1. The van der Waals surface area contributed by atoms with Gasteiger partial charge in [-0.1, -0.05) is 5.16 Å². The molecular formula is C18H23N5O3. The van der Waals surface area contributed by atoms with E-state index in [1.54, 1.807) is 25.4 Å². The Bertz CT molecular complexity index is 765. The second kappa shape index (κ2) is 7.03. The van der Waals surface area contributed by atoms with Crippen LogP contribution in [0.5, 0.6) is 0 Å². The maximum absolute atomic E-state index is 12.8. The summed E-state index contributed by atoms with van der Waals surface area (Å²) in [5.41, 5.74) is 0.250. The van der Waals surface area contributed by atoms with Crippen molar-refractivity contribution < 1.29 is 14.1 Å². The van der Waals surface area contributed by atoms with Gasteiger partial charge in [0, 0.05) is 50.1 Å². The van der Waals surface area contributed by atoms with E-state index in [2.05, 4.69) is 20.0 Å². The van der Waals surface area contributed by atoms with Crippen LogP contribution in [0.4, 0.5) is 5.95 Å². The number of anilines is 1. The topological polar surface area (TPSA) is 84.6 Å². The number of hydrogen-bond acceptors (Lipinski definition) is 7. The Balaban J connectivity index is 1.53. The number of carbonyl (C=O) groups excluding carboxylic acids is 1.